The third-order valence-electron chi connectivity index (χ3n) is 4.46. The molecule has 0 aliphatic rings. The Morgan fingerprint density at radius 3 is 2.61 bits per heavy atom. The van der Waals surface area contributed by atoms with E-state index in [9.17, 15) is 23.2 Å². The van der Waals surface area contributed by atoms with Crippen molar-refractivity contribution in [2.24, 2.45) is 0 Å². The molecule has 1 amide bonds. The fourth-order valence-corrected chi connectivity index (χ4v) is 3.69. The number of nitrogens with zero attached hydrogens (tertiary/aromatic N) is 7. The van der Waals surface area contributed by atoms with Gasteiger partial charge in [-0.2, -0.15) is 33.7 Å². The first-order chi connectivity index (χ1) is 15.7. The van der Waals surface area contributed by atoms with Crippen molar-refractivity contribution in [3.05, 3.63) is 63.9 Å². The van der Waals surface area contributed by atoms with E-state index in [1.54, 1.807) is 6.92 Å². The molecule has 2 N–H and O–H groups in total. The number of carbonyl (C=O) groups is 1. The molecule has 0 atom stereocenters. The highest BCUT2D eigenvalue weighted by molar-refractivity contribution is 9.10. The topological polar surface area (TPSA) is 138 Å². The van der Waals surface area contributed by atoms with Gasteiger partial charge >= 0.3 is 6.18 Å². The molecule has 4 aromatic heterocycles. The molecule has 33 heavy (non-hydrogen) atoms. The second kappa shape index (κ2) is 8.43. The van der Waals surface area contributed by atoms with Crippen molar-refractivity contribution >= 4 is 27.5 Å². The highest BCUT2D eigenvalue weighted by Gasteiger charge is 2.40. The van der Waals surface area contributed by atoms with Crippen LogP contribution in [0.3, 0.4) is 0 Å². The first-order valence-corrected chi connectivity index (χ1v) is 9.84. The zero-order chi connectivity index (χ0) is 23.8. The van der Waals surface area contributed by atoms with E-state index in [4.69, 9.17) is 0 Å². The summed E-state index contributed by atoms with van der Waals surface area (Å²) >= 11 is 3.25. The van der Waals surface area contributed by atoms with Gasteiger partial charge in [0.05, 0.1) is 29.8 Å². The molecule has 4 heterocycles. The summed E-state index contributed by atoms with van der Waals surface area (Å²) in [6.45, 7) is 1.63. The smallest absolute Gasteiger partial charge is 0.320 e. The minimum Gasteiger partial charge on any atom is -0.320 e. The van der Waals surface area contributed by atoms with Gasteiger partial charge in [0.15, 0.2) is 11.5 Å². The number of aromatic nitrogens is 7. The summed E-state index contributed by atoms with van der Waals surface area (Å²) in [6.07, 6.45) is 1.90. The lowest BCUT2D eigenvalue weighted by Crippen LogP contribution is -2.19. The molecule has 0 aliphatic carbocycles. The van der Waals surface area contributed by atoms with Crippen LogP contribution in [0.15, 0.2) is 41.5 Å². The number of hydrogen-bond donors (Lipinski definition) is 2. The van der Waals surface area contributed by atoms with Crippen molar-refractivity contribution in [3.63, 3.8) is 0 Å². The van der Waals surface area contributed by atoms with E-state index in [0.717, 1.165) is 4.80 Å². The number of pyridine rings is 2. The third kappa shape index (κ3) is 4.17. The van der Waals surface area contributed by atoms with Gasteiger partial charge in [0, 0.05) is 22.4 Å². The van der Waals surface area contributed by atoms with Crippen molar-refractivity contribution in [1.82, 2.24) is 35.2 Å². The predicted molar refractivity (Wildman–Crippen MR) is 111 cm³/mol. The number of carbonyl (C=O) groups excluding carboxylic acids is 1. The van der Waals surface area contributed by atoms with Gasteiger partial charge in [0.2, 0.25) is 0 Å². The first kappa shape index (κ1) is 22.1. The van der Waals surface area contributed by atoms with Gasteiger partial charge in [-0.25, -0.2) is 4.98 Å². The van der Waals surface area contributed by atoms with E-state index < -0.39 is 23.3 Å². The molecule has 0 radical (unpaired) electrons. The summed E-state index contributed by atoms with van der Waals surface area (Å²) in [5.41, 5.74) is -1.46. The molecule has 0 saturated carbocycles. The fraction of sp³-hybridized carbons (Fsp3) is 0.105. The number of alkyl halides is 3. The molecular weight excluding hydrogens is 507 g/mol. The van der Waals surface area contributed by atoms with Crippen LogP contribution in [0.4, 0.5) is 18.9 Å². The van der Waals surface area contributed by atoms with Crippen molar-refractivity contribution in [1.29, 1.82) is 5.26 Å². The van der Waals surface area contributed by atoms with E-state index in [2.05, 4.69) is 46.5 Å². The average Bonchev–Trinajstić information content (AvgIpc) is 3.43. The van der Waals surface area contributed by atoms with Crippen LogP contribution in [-0.2, 0) is 6.18 Å². The summed E-state index contributed by atoms with van der Waals surface area (Å²) in [6, 6.07) is 3.15. The summed E-state index contributed by atoms with van der Waals surface area (Å²) in [4.78, 5) is 22.1. The van der Waals surface area contributed by atoms with Crippen molar-refractivity contribution in [2.45, 2.75) is 13.1 Å². The lowest BCUT2D eigenvalue weighted by Gasteiger charge is -2.12. The normalized spacial score (nSPS) is 11.3. The number of nitrogens with one attached hydrogen (secondary N) is 2. The molecule has 0 fully saturated rings. The Kier molecular flexibility index (Phi) is 5.64. The average molecular weight is 518 g/mol. The highest BCUT2D eigenvalue weighted by Crippen LogP contribution is 2.38. The van der Waals surface area contributed by atoms with Gasteiger partial charge in [-0.15, -0.1) is 4.80 Å². The molecule has 4 rings (SSSR count). The Hall–Kier alpha value is -4.12. The van der Waals surface area contributed by atoms with Crippen LogP contribution in [-0.4, -0.2) is 41.1 Å². The number of amides is 1. The number of aromatic amines is 1. The molecule has 14 heteroatoms. The Morgan fingerprint density at radius 1 is 1.24 bits per heavy atom. The maximum Gasteiger partial charge on any atom is 0.433 e. The molecule has 0 spiro atoms. The van der Waals surface area contributed by atoms with Crippen LogP contribution in [0.5, 0.6) is 0 Å². The molecule has 166 valence electrons. The number of rotatable bonds is 4. The Balaban J connectivity index is 1.77. The van der Waals surface area contributed by atoms with Crippen LogP contribution >= 0.6 is 15.9 Å². The van der Waals surface area contributed by atoms with Crippen molar-refractivity contribution in [2.75, 3.05) is 5.32 Å². The van der Waals surface area contributed by atoms with E-state index in [-0.39, 0.29) is 28.3 Å². The van der Waals surface area contributed by atoms with E-state index in [1.807, 2.05) is 11.2 Å². The maximum atomic E-state index is 13.7. The van der Waals surface area contributed by atoms with Crippen LogP contribution in [0.25, 0.3) is 17.1 Å². The monoisotopic (exact) mass is 517 g/mol. The minimum atomic E-state index is -4.88. The number of H-pyrrole nitrogens is 1. The lowest BCUT2D eigenvalue weighted by molar-refractivity contribution is -0.141. The Labute approximate surface area is 191 Å². The number of nitriles is 1. The summed E-state index contributed by atoms with van der Waals surface area (Å²) in [5, 5.41) is 25.2. The molecule has 0 aromatic carbocycles. The van der Waals surface area contributed by atoms with E-state index in [1.165, 1.54) is 37.1 Å². The highest BCUT2D eigenvalue weighted by atomic mass is 79.9. The largest absolute Gasteiger partial charge is 0.433 e. The number of halogens is 4. The van der Waals surface area contributed by atoms with Crippen LogP contribution in [0, 0.1) is 18.3 Å². The van der Waals surface area contributed by atoms with Crippen molar-refractivity contribution in [3.8, 4) is 23.1 Å². The predicted octanol–water partition coefficient (Wildman–Crippen LogP) is 3.66. The Bertz CT molecular complexity index is 1370. The lowest BCUT2D eigenvalue weighted by atomic mass is 10.0. The maximum absolute atomic E-state index is 13.7. The van der Waals surface area contributed by atoms with Gasteiger partial charge in [0.1, 0.15) is 17.3 Å². The second-order valence-electron chi connectivity index (χ2n) is 6.61. The van der Waals surface area contributed by atoms with Crippen LogP contribution < -0.4 is 5.32 Å². The zero-order valence-corrected chi connectivity index (χ0v) is 18.1. The second-order valence-corrected chi connectivity index (χ2v) is 7.47. The summed E-state index contributed by atoms with van der Waals surface area (Å²) in [7, 11) is 0. The number of hydrogen-bond acceptors (Lipinski definition) is 7. The van der Waals surface area contributed by atoms with Crippen molar-refractivity contribution < 1.29 is 18.0 Å². The molecule has 0 aliphatic heterocycles. The quantitative estimate of drug-likeness (QED) is 0.421. The first-order valence-electron chi connectivity index (χ1n) is 9.05. The minimum absolute atomic E-state index is 0.000171. The SMILES string of the molecule is Cc1cncc(Br)c1-c1n[nH]c(C(F)(F)F)c1C(=O)Nc1cnc(-n2nccn2)c(C#N)c1. The molecule has 10 nitrogen and oxygen atoms in total. The van der Waals surface area contributed by atoms with Gasteiger partial charge in [-0.1, -0.05) is 0 Å². The van der Waals surface area contributed by atoms with Crippen LogP contribution in [0.1, 0.15) is 27.2 Å². The van der Waals surface area contributed by atoms with Gasteiger partial charge < -0.3 is 5.32 Å². The number of aryl methyl sites for hydroxylation is 1. The molecule has 0 unspecified atom stereocenters. The summed E-state index contributed by atoms with van der Waals surface area (Å²) in [5.74, 6) is -0.998. The van der Waals surface area contributed by atoms with E-state index >= 15 is 0 Å². The Morgan fingerprint density at radius 2 is 1.97 bits per heavy atom. The number of anilines is 1. The van der Waals surface area contributed by atoms with Gasteiger partial charge in [0.25, 0.3) is 5.91 Å². The summed E-state index contributed by atoms with van der Waals surface area (Å²) < 4.78 is 41.3. The van der Waals surface area contributed by atoms with Gasteiger partial charge in [-0.3, -0.25) is 14.9 Å². The zero-order valence-electron chi connectivity index (χ0n) is 16.5. The third-order valence-corrected chi connectivity index (χ3v) is 5.06. The molecular formula is C19H11BrF3N9O. The standard InChI is InChI=1S/C19H11BrF3N9O/c1-9-6-25-8-12(20)13(9)15-14(16(31-30-15)19(21,22)23)18(33)29-11-4-10(5-24)17(26-7-11)32-27-2-3-28-32/h2-4,6-8H,1H3,(H,29,33)(H,30,31). The molecule has 4 aromatic rings. The van der Waals surface area contributed by atoms with Crippen LogP contribution in [0.2, 0.25) is 0 Å². The fourth-order valence-electron chi connectivity index (χ4n) is 3.07. The molecule has 0 bridgehead atoms. The van der Waals surface area contributed by atoms with E-state index in [0.29, 0.717) is 10.0 Å². The van der Waals surface area contributed by atoms with Gasteiger partial charge in [-0.05, 0) is 34.5 Å². The molecule has 0 saturated heterocycles.